The zero-order chi connectivity index (χ0) is 23.1. The van der Waals surface area contributed by atoms with E-state index in [9.17, 15) is 21.6 Å². The van der Waals surface area contributed by atoms with Gasteiger partial charge < -0.3 is 4.90 Å². The van der Waals surface area contributed by atoms with Crippen LogP contribution in [0.1, 0.15) is 41.6 Å². The van der Waals surface area contributed by atoms with Crippen molar-refractivity contribution in [1.29, 1.82) is 0 Å². The summed E-state index contributed by atoms with van der Waals surface area (Å²) in [6.45, 7) is 0.433. The molecule has 0 unspecified atom stereocenters. The van der Waals surface area contributed by atoms with Crippen molar-refractivity contribution in [2.24, 2.45) is 0 Å². The summed E-state index contributed by atoms with van der Waals surface area (Å²) in [5, 5.41) is 0. The first-order valence-electron chi connectivity index (χ1n) is 10.6. The van der Waals surface area contributed by atoms with Gasteiger partial charge in [0.15, 0.2) is 0 Å². The Kier molecular flexibility index (Phi) is 6.15. The standard InChI is InChI=1S/C22H27N3O5S2/c1-24(2)32(29,30)20-11-12-21-17(15-20)13-14-25(21)22(26)16-7-9-19(10-8-16)31(27,28)23-18-5-3-4-6-18/h7-12,15,18,23H,3-6,13-14H2,1-2H3. The monoisotopic (exact) mass is 477 g/mol. The number of anilines is 1. The number of benzene rings is 2. The number of rotatable bonds is 6. The zero-order valence-electron chi connectivity index (χ0n) is 18.1. The molecular weight excluding hydrogens is 450 g/mol. The van der Waals surface area contributed by atoms with Crippen molar-refractivity contribution in [2.45, 2.75) is 47.9 Å². The van der Waals surface area contributed by atoms with E-state index in [2.05, 4.69) is 4.72 Å². The number of carbonyl (C=O) groups is 1. The van der Waals surface area contributed by atoms with Crippen molar-refractivity contribution in [1.82, 2.24) is 9.03 Å². The van der Waals surface area contributed by atoms with Crippen molar-refractivity contribution < 1.29 is 21.6 Å². The van der Waals surface area contributed by atoms with Gasteiger partial charge in [-0.1, -0.05) is 12.8 Å². The topological polar surface area (TPSA) is 104 Å². The maximum Gasteiger partial charge on any atom is 0.258 e. The highest BCUT2D eigenvalue weighted by Gasteiger charge is 2.29. The van der Waals surface area contributed by atoms with Gasteiger partial charge >= 0.3 is 0 Å². The lowest BCUT2D eigenvalue weighted by atomic mass is 10.1. The largest absolute Gasteiger partial charge is 0.308 e. The van der Waals surface area contributed by atoms with E-state index < -0.39 is 20.0 Å². The molecule has 0 atom stereocenters. The fourth-order valence-corrected chi connectivity index (χ4v) is 6.48. The van der Waals surface area contributed by atoms with Crippen LogP contribution < -0.4 is 9.62 Å². The van der Waals surface area contributed by atoms with Crippen LogP contribution in [0.4, 0.5) is 5.69 Å². The molecule has 1 aliphatic heterocycles. The molecule has 1 amide bonds. The molecule has 2 aromatic carbocycles. The Bertz CT molecular complexity index is 1230. The van der Waals surface area contributed by atoms with Gasteiger partial charge in [0.2, 0.25) is 20.0 Å². The molecule has 0 aromatic heterocycles. The van der Waals surface area contributed by atoms with Crippen molar-refractivity contribution in [3.05, 3.63) is 53.6 Å². The van der Waals surface area contributed by atoms with Crippen LogP contribution in [0.25, 0.3) is 0 Å². The van der Waals surface area contributed by atoms with E-state index in [1.807, 2.05) is 0 Å². The highest BCUT2D eigenvalue weighted by Crippen LogP contribution is 2.32. The molecule has 0 spiro atoms. The SMILES string of the molecule is CN(C)S(=O)(=O)c1ccc2c(c1)CCN2C(=O)c1ccc(S(=O)(=O)NC2CCCC2)cc1. The van der Waals surface area contributed by atoms with Crippen LogP contribution in [-0.2, 0) is 26.5 Å². The van der Waals surface area contributed by atoms with Crippen molar-refractivity contribution in [3.63, 3.8) is 0 Å². The molecule has 2 aromatic rings. The van der Waals surface area contributed by atoms with Gasteiger partial charge in [0.1, 0.15) is 0 Å². The second kappa shape index (κ2) is 8.58. The third-order valence-electron chi connectivity index (χ3n) is 6.06. The molecule has 0 radical (unpaired) electrons. The summed E-state index contributed by atoms with van der Waals surface area (Å²) in [5.74, 6) is -0.250. The quantitative estimate of drug-likeness (QED) is 0.688. The Morgan fingerprint density at radius 3 is 2.22 bits per heavy atom. The Hall–Kier alpha value is -2.27. The molecule has 4 rings (SSSR count). The van der Waals surface area contributed by atoms with E-state index in [-0.39, 0.29) is 21.7 Å². The normalized spacial score (nSPS) is 17.2. The number of amides is 1. The molecule has 1 N–H and O–H groups in total. The Morgan fingerprint density at radius 2 is 1.59 bits per heavy atom. The Balaban J connectivity index is 1.52. The second-order valence-electron chi connectivity index (χ2n) is 8.41. The average Bonchev–Trinajstić information content (AvgIpc) is 3.42. The summed E-state index contributed by atoms with van der Waals surface area (Å²) in [6.07, 6.45) is 4.31. The lowest BCUT2D eigenvalue weighted by Gasteiger charge is -2.18. The number of sulfonamides is 2. The summed E-state index contributed by atoms with van der Waals surface area (Å²) in [5.41, 5.74) is 1.84. The smallest absolute Gasteiger partial charge is 0.258 e. The first-order chi connectivity index (χ1) is 15.1. The molecule has 172 valence electrons. The molecule has 10 heteroatoms. The van der Waals surface area contributed by atoms with Crippen molar-refractivity contribution >= 4 is 31.6 Å². The van der Waals surface area contributed by atoms with Gasteiger partial charge in [0.05, 0.1) is 9.79 Å². The van der Waals surface area contributed by atoms with Gasteiger partial charge in [-0.2, -0.15) is 0 Å². The van der Waals surface area contributed by atoms with Gasteiger partial charge in [-0.3, -0.25) is 4.79 Å². The summed E-state index contributed by atoms with van der Waals surface area (Å²) in [7, 11) is -4.21. The van der Waals surface area contributed by atoms with Crippen LogP contribution in [0.5, 0.6) is 0 Å². The van der Waals surface area contributed by atoms with Crippen LogP contribution in [0, 0.1) is 0 Å². The minimum absolute atomic E-state index is 0.0244. The highest BCUT2D eigenvalue weighted by molar-refractivity contribution is 7.89. The molecular formula is C22H27N3O5S2. The molecule has 0 bridgehead atoms. The van der Waals surface area contributed by atoms with E-state index in [4.69, 9.17) is 0 Å². The number of carbonyl (C=O) groups excluding carboxylic acids is 1. The van der Waals surface area contributed by atoms with Gasteiger partial charge in [0, 0.05) is 37.9 Å². The number of hydrogen-bond acceptors (Lipinski definition) is 5. The van der Waals surface area contributed by atoms with Crippen LogP contribution in [-0.4, -0.2) is 53.7 Å². The number of fused-ring (bicyclic) bond motifs is 1. The molecule has 1 saturated carbocycles. The van der Waals surface area contributed by atoms with Crippen LogP contribution in [0.2, 0.25) is 0 Å². The molecule has 8 nitrogen and oxygen atoms in total. The van der Waals surface area contributed by atoms with E-state index in [1.54, 1.807) is 17.0 Å². The number of nitrogens with one attached hydrogen (secondary N) is 1. The molecule has 2 aliphatic rings. The second-order valence-corrected chi connectivity index (χ2v) is 12.3. The van der Waals surface area contributed by atoms with Gasteiger partial charge in [-0.25, -0.2) is 25.9 Å². The average molecular weight is 478 g/mol. The molecule has 0 saturated heterocycles. The number of nitrogens with zero attached hydrogens (tertiary/aromatic N) is 2. The first-order valence-corrected chi connectivity index (χ1v) is 13.5. The van der Waals surface area contributed by atoms with E-state index >= 15 is 0 Å². The third kappa shape index (κ3) is 4.32. The summed E-state index contributed by atoms with van der Waals surface area (Å²) in [6, 6.07) is 10.7. The van der Waals surface area contributed by atoms with E-state index in [0.29, 0.717) is 24.2 Å². The Morgan fingerprint density at radius 1 is 0.969 bits per heavy atom. The van der Waals surface area contributed by atoms with Crippen LogP contribution in [0.3, 0.4) is 0 Å². The maximum absolute atomic E-state index is 13.1. The predicted molar refractivity (Wildman–Crippen MR) is 122 cm³/mol. The minimum atomic E-state index is -3.62. The number of hydrogen-bond donors (Lipinski definition) is 1. The molecule has 32 heavy (non-hydrogen) atoms. The van der Waals surface area contributed by atoms with Gasteiger partial charge in [0.25, 0.3) is 5.91 Å². The fraction of sp³-hybridized carbons (Fsp3) is 0.409. The lowest BCUT2D eigenvalue weighted by Crippen LogP contribution is -2.32. The molecule has 1 aliphatic carbocycles. The first kappa shape index (κ1) is 22.9. The zero-order valence-corrected chi connectivity index (χ0v) is 19.7. The lowest BCUT2D eigenvalue weighted by molar-refractivity contribution is 0.0989. The Labute approximate surface area is 189 Å². The summed E-state index contributed by atoms with van der Waals surface area (Å²) < 4.78 is 53.8. The minimum Gasteiger partial charge on any atom is -0.308 e. The fourth-order valence-electron chi connectivity index (χ4n) is 4.22. The third-order valence-corrected chi connectivity index (χ3v) is 9.41. The van der Waals surface area contributed by atoms with Gasteiger partial charge in [-0.15, -0.1) is 0 Å². The molecule has 1 fully saturated rings. The van der Waals surface area contributed by atoms with Crippen molar-refractivity contribution in [3.8, 4) is 0 Å². The van der Waals surface area contributed by atoms with E-state index in [0.717, 1.165) is 35.6 Å². The summed E-state index contributed by atoms with van der Waals surface area (Å²) >= 11 is 0. The maximum atomic E-state index is 13.1. The molecule has 1 heterocycles. The summed E-state index contributed by atoms with van der Waals surface area (Å²) in [4.78, 5) is 15.0. The predicted octanol–water partition coefficient (Wildman–Crippen LogP) is 2.36. The van der Waals surface area contributed by atoms with Crippen molar-refractivity contribution in [2.75, 3.05) is 25.5 Å². The highest BCUT2D eigenvalue weighted by atomic mass is 32.2. The van der Waals surface area contributed by atoms with Crippen LogP contribution in [0.15, 0.2) is 52.3 Å². The van der Waals surface area contributed by atoms with E-state index in [1.165, 1.54) is 44.4 Å². The van der Waals surface area contributed by atoms with Gasteiger partial charge in [-0.05, 0) is 67.3 Å². The van der Waals surface area contributed by atoms with Crippen LogP contribution >= 0.6 is 0 Å².